The standard InChI is InChI=1S/C33H36N2O4S/c1-33(2,3)23-11-14-24(15-12-23)39-25-13-10-22-18-29(34-28(27(22)19-25)17-21-7-4-5-8-21)31(36)35-30(32(37)38)20-26-9-6-16-40-26/h6,9-16,18-19,21,30H,4-5,7-8,17,20H2,1-3H3,(H,35,36)(H,37,38)/t30-/m1/s1. The second-order valence-corrected chi connectivity index (χ2v) is 12.7. The third-order valence-corrected chi connectivity index (χ3v) is 8.52. The van der Waals surface area contributed by atoms with Gasteiger partial charge in [-0.3, -0.25) is 4.79 Å². The van der Waals surface area contributed by atoms with E-state index in [-0.39, 0.29) is 17.5 Å². The summed E-state index contributed by atoms with van der Waals surface area (Å²) in [6.07, 6.45) is 5.74. The topological polar surface area (TPSA) is 88.5 Å². The molecule has 4 aromatic rings. The molecule has 1 atom stereocenters. The number of aliphatic carboxylic acids is 1. The normalized spacial score (nSPS) is 14.8. The highest BCUT2D eigenvalue weighted by Gasteiger charge is 2.24. The van der Waals surface area contributed by atoms with Crippen LogP contribution in [0.2, 0.25) is 0 Å². The fourth-order valence-electron chi connectivity index (χ4n) is 5.34. The molecular formula is C33H36N2O4S. The predicted octanol–water partition coefficient (Wildman–Crippen LogP) is 7.54. The molecule has 1 saturated carbocycles. The number of carboxylic acids is 1. The van der Waals surface area contributed by atoms with Gasteiger partial charge in [-0.2, -0.15) is 0 Å². The second-order valence-electron chi connectivity index (χ2n) is 11.7. The van der Waals surface area contributed by atoms with Crippen LogP contribution in [-0.2, 0) is 23.1 Å². The lowest BCUT2D eigenvalue weighted by molar-refractivity contribution is -0.139. The minimum atomic E-state index is -1.06. The van der Waals surface area contributed by atoms with E-state index in [0.717, 1.165) is 46.4 Å². The molecule has 7 heteroatoms. The number of hydrogen-bond donors (Lipinski definition) is 2. The average molecular weight is 557 g/mol. The zero-order valence-electron chi connectivity index (χ0n) is 23.3. The van der Waals surface area contributed by atoms with Gasteiger partial charge in [0, 0.05) is 22.4 Å². The number of nitrogens with one attached hydrogen (secondary N) is 1. The summed E-state index contributed by atoms with van der Waals surface area (Å²) < 4.78 is 6.21. The van der Waals surface area contributed by atoms with Gasteiger partial charge in [0.15, 0.2) is 0 Å². The smallest absolute Gasteiger partial charge is 0.326 e. The number of carbonyl (C=O) groups is 2. The van der Waals surface area contributed by atoms with Crippen LogP contribution in [0.3, 0.4) is 0 Å². The molecule has 0 saturated heterocycles. The number of aromatic nitrogens is 1. The van der Waals surface area contributed by atoms with Gasteiger partial charge < -0.3 is 15.2 Å². The number of hydrogen-bond acceptors (Lipinski definition) is 5. The number of fused-ring (bicyclic) bond motifs is 1. The summed E-state index contributed by atoms with van der Waals surface area (Å²) in [5.74, 6) is 0.460. The van der Waals surface area contributed by atoms with E-state index >= 15 is 0 Å². The van der Waals surface area contributed by atoms with E-state index in [4.69, 9.17) is 9.72 Å². The van der Waals surface area contributed by atoms with E-state index in [1.54, 1.807) is 6.07 Å². The molecule has 2 N–H and O–H groups in total. The Kier molecular flexibility index (Phi) is 8.22. The number of thiophene rings is 1. The van der Waals surface area contributed by atoms with Crippen molar-refractivity contribution in [2.24, 2.45) is 5.92 Å². The summed E-state index contributed by atoms with van der Waals surface area (Å²) >= 11 is 1.47. The average Bonchev–Trinajstić information content (AvgIpc) is 3.63. The van der Waals surface area contributed by atoms with Gasteiger partial charge in [-0.15, -0.1) is 11.3 Å². The Bertz CT molecular complexity index is 1480. The van der Waals surface area contributed by atoms with Crippen LogP contribution >= 0.6 is 11.3 Å². The van der Waals surface area contributed by atoms with Crippen LogP contribution in [-0.4, -0.2) is 28.0 Å². The highest BCUT2D eigenvalue weighted by molar-refractivity contribution is 7.09. The quantitative estimate of drug-likeness (QED) is 0.222. The molecule has 1 aliphatic carbocycles. The molecule has 2 aromatic carbocycles. The lowest BCUT2D eigenvalue weighted by Crippen LogP contribution is -2.42. The Balaban J connectivity index is 1.43. The van der Waals surface area contributed by atoms with Crippen LogP contribution in [0, 0.1) is 5.92 Å². The lowest BCUT2D eigenvalue weighted by atomic mass is 9.87. The zero-order chi connectivity index (χ0) is 28.3. The number of carbonyl (C=O) groups excluding carboxylic acids is 1. The monoisotopic (exact) mass is 556 g/mol. The maximum Gasteiger partial charge on any atom is 0.326 e. The fraction of sp³-hybridized carbons (Fsp3) is 0.364. The highest BCUT2D eigenvalue weighted by Crippen LogP contribution is 2.33. The lowest BCUT2D eigenvalue weighted by Gasteiger charge is -2.19. The molecule has 0 bridgehead atoms. The van der Waals surface area contributed by atoms with Crippen molar-refractivity contribution < 1.29 is 19.4 Å². The first-order valence-electron chi connectivity index (χ1n) is 13.9. The van der Waals surface area contributed by atoms with E-state index in [1.165, 1.54) is 29.7 Å². The zero-order valence-corrected chi connectivity index (χ0v) is 24.1. The molecule has 208 valence electrons. The van der Waals surface area contributed by atoms with Crippen molar-refractivity contribution in [3.05, 3.63) is 87.9 Å². The van der Waals surface area contributed by atoms with Gasteiger partial charge in [0.2, 0.25) is 0 Å². The van der Waals surface area contributed by atoms with Gasteiger partial charge in [-0.05, 0) is 70.5 Å². The van der Waals surface area contributed by atoms with E-state index in [2.05, 4.69) is 38.2 Å². The summed E-state index contributed by atoms with van der Waals surface area (Å²) in [6.45, 7) is 6.56. The van der Waals surface area contributed by atoms with Crippen molar-refractivity contribution in [1.29, 1.82) is 0 Å². The number of rotatable bonds is 9. The molecule has 2 aromatic heterocycles. The molecule has 1 aliphatic rings. The molecule has 0 spiro atoms. The van der Waals surface area contributed by atoms with Crippen molar-refractivity contribution in [1.82, 2.24) is 10.3 Å². The number of ether oxygens (including phenoxy) is 1. The van der Waals surface area contributed by atoms with E-state index in [9.17, 15) is 14.7 Å². The van der Waals surface area contributed by atoms with E-state index < -0.39 is 17.9 Å². The molecule has 2 heterocycles. The van der Waals surface area contributed by atoms with Crippen LogP contribution < -0.4 is 10.1 Å². The number of pyridine rings is 1. The molecule has 0 unspecified atom stereocenters. The third kappa shape index (κ3) is 6.70. The Morgan fingerprint density at radius 3 is 2.42 bits per heavy atom. The SMILES string of the molecule is CC(C)(C)c1ccc(Oc2ccc3cc(C(=O)N[C@H](Cc4cccs4)C(=O)O)nc(CC4CCCC4)c3c2)cc1. The minimum absolute atomic E-state index is 0.0702. The van der Waals surface area contributed by atoms with Crippen molar-refractivity contribution in [3.63, 3.8) is 0 Å². The molecule has 0 radical (unpaired) electrons. The second kappa shape index (κ2) is 11.8. The summed E-state index contributed by atoms with van der Waals surface area (Å²) in [5, 5.41) is 16.2. The number of amides is 1. The Morgan fingerprint density at radius 2 is 1.77 bits per heavy atom. The van der Waals surface area contributed by atoms with E-state index in [0.29, 0.717) is 11.7 Å². The molecule has 1 fully saturated rings. The van der Waals surface area contributed by atoms with Crippen LogP contribution in [0.15, 0.2) is 66.0 Å². The van der Waals surface area contributed by atoms with Crippen LogP contribution in [0.25, 0.3) is 10.8 Å². The van der Waals surface area contributed by atoms with Gasteiger partial charge in [-0.25, -0.2) is 9.78 Å². The van der Waals surface area contributed by atoms with Gasteiger partial charge in [0.05, 0.1) is 0 Å². The first kappa shape index (κ1) is 27.8. The summed E-state index contributed by atoms with van der Waals surface area (Å²) in [4.78, 5) is 30.9. The van der Waals surface area contributed by atoms with Crippen LogP contribution in [0.1, 0.15) is 73.1 Å². The van der Waals surface area contributed by atoms with Gasteiger partial charge in [0.25, 0.3) is 5.91 Å². The third-order valence-electron chi connectivity index (χ3n) is 7.62. The number of carboxylic acid groups (broad SMARTS) is 1. The number of nitrogens with zero attached hydrogens (tertiary/aromatic N) is 1. The van der Waals surface area contributed by atoms with Crippen molar-refractivity contribution in [2.45, 2.75) is 70.8 Å². The molecule has 40 heavy (non-hydrogen) atoms. The Labute approximate surface area is 239 Å². The van der Waals surface area contributed by atoms with Crippen LogP contribution in [0.5, 0.6) is 11.5 Å². The first-order chi connectivity index (χ1) is 19.2. The molecular weight excluding hydrogens is 520 g/mol. The molecule has 1 amide bonds. The summed E-state index contributed by atoms with van der Waals surface area (Å²) in [6, 6.07) is 18.5. The Hall–Kier alpha value is -3.71. The maximum atomic E-state index is 13.3. The molecule has 0 aliphatic heterocycles. The van der Waals surface area contributed by atoms with Crippen molar-refractivity contribution in [3.8, 4) is 11.5 Å². The van der Waals surface area contributed by atoms with Crippen LogP contribution in [0.4, 0.5) is 0 Å². The van der Waals surface area contributed by atoms with Gasteiger partial charge >= 0.3 is 5.97 Å². The fourth-order valence-corrected chi connectivity index (χ4v) is 6.09. The Morgan fingerprint density at radius 1 is 1.05 bits per heavy atom. The van der Waals surface area contributed by atoms with E-state index in [1.807, 2.05) is 47.8 Å². The van der Waals surface area contributed by atoms with Crippen molar-refractivity contribution in [2.75, 3.05) is 0 Å². The minimum Gasteiger partial charge on any atom is -0.480 e. The van der Waals surface area contributed by atoms with Gasteiger partial charge in [-0.1, -0.05) is 70.7 Å². The van der Waals surface area contributed by atoms with Crippen molar-refractivity contribution >= 4 is 34.0 Å². The maximum absolute atomic E-state index is 13.3. The van der Waals surface area contributed by atoms with Gasteiger partial charge in [0.1, 0.15) is 23.2 Å². The highest BCUT2D eigenvalue weighted by atomic mass is 32.1. The predicted molar refractivity (Wildman–Crippen MR) is 160 cm³/mol. The molecule has 5 rings (SSSR count). The summed E-state index contributed by atoms with van der Waals surface area (Å²) in [7, 11) is 0. The first-order valence-corrected chi connectivity index (χ1v) is 14.8. The largest absolute Gasteiger partial charge is 0.480 e. The number of benzene rings is 2. The molecule has 6 nitrogen and oxygen atoms in total. The summed E-state index contributed by atoms with van der Waals surface area (Å²) in [5.41, 5.74) is 2.41.